The van der Waals surface area contributed by atoms with Gasteiger partial charge in [-0.15, -0.1) is 0 Å². The van der Waals surface area contributed by atoms with Crippen LogP contribution in [0.5, 0.6) is 11.5 Å². The fraction of sp³-hybridized carbons (Fsp3) is 0.381. The van der Waals surface area contributed by atoms with Crippen molar-refractivity contribution < 1.29 is 26.5 Å². The number of amides is 1. The first-order valence-corrected chi connectivity index (χ1v) is 10.9. The van der Waals surface area contributed by atoms with Gasteiger partial charge in [0.2, 0.25) is 0 Å². The average Bonchev–Trinajstić information content (AvgIpc) is 2.71. The van der Waals surface area contributed by atoms with Gasteiger partial charge in [0, 0.05) is 18.2 Å². The molecule has 0 N–H and O–H groups in total. The van der Waals surface area contributed by atoms with Crippen LogP contribution in [0, 0.1) is 5.82 Å². The third-order valence-corrected chi connectivity index (χ3v) is 5.77. The van der Waals surface area contributed by atoms with Crippen LogP contribution in [0.1, 0.15) is 43.1 Å². The summed E-state index contributed by atoms with van der Waals surface area (Å²) in [7, 11) is -2.31. The molecule has 0 bridgehead atoms. The predicted molar refractivity (Wildman–Crippen MR) is 109 cm³/mol. The summed E-state index contributed by atoms with van der Waals surface area (Å²) in [4.78, 5) is 14.7. The third kappa shape index (κ3) is 5.93. The fourth-order valence-corrected chi connectivity index (χ4v) is 3.21. The normalized spacial score (nSPS) is 12.3. The Morgan fingerprint density at radius 2 is 1.76 bits per heavy atom. The van der Waals surface area contributed by atoms with Crippen molar-refractivity contribution in [3.8, 4) is 11.5 Å². The van der Waals surface area contributed by atoms with Gasteiger partial charge in [-0.1, -0.05) is 13.0 Å². The van der Waals surface area contributed by atoms with E-state index in [0.717, 1.165) is 6.42 Å². The summed E-state index contributed by atoms with van der Waals surface area (Å²) in [6, 6.07) is 10.2. The minimum Gasteiger partial charge on any atom is -0.493 e. The number of carbonyl (C=O) groups is 1. The molecule has 0 saturated heterocycles. The Morgan fingerprint density at radius 3 is 2.31 bits per heavy atom. The van der Waals surface area contributed by atoms with E-state index in [1.165, 1.54) is 38.3 Å². The molecule has 6 nitrogen and oxygen atoms in total. The molecule has 0 aliphatic carbocycles. The lowest BCUT2D eigenvalue weighted by Gasteiger charge is -2.29. The van der Waals surface area contributed by atoms with Gasteiger partial charge in [0.1, 0.15) is 5.82 Å². The van der Waals surface area contributed by atoms with Crippen LogP contribution in [0.15, 0.2) is 42.5 Å². The Hall–Kier alpha value is -2.61. The van der Waals surface area contributed by atoms with Crippen LogP contribution in [0.3, 0.4) is 0 Å². The van der Waals surface area contributed by atoms with Crippen LogP contribution in [-0.2, 0) is 16.7 Å². The van der Waals surface area contributed by atoms with Crippen molar-refractivity contribution in [2.75, 3.05) is 12.9 Å². The first kappa shape index (κ1) is 22.7. The molecule has 0 aliphatic rings. The van der Waals surface area contributed by atoms with Crippen molar-refractivity contribution in [2.24, 2.45) is 0 Å². The predicted octanol–water partition coefficient (Wildman–Crippen LogP) is 4.00. The largest absolute Gasteiger partial charge is 0.493 e. The molecule has 1 amide bonds. The molecule has 2 aromatic rings. The van der Waals surface area contributed by atoms with Gasteiger partial charge < -0.3 is 13.8 Å². The van der Waals surface area contributed by atoms with E-state index >= 15 is 0 Å². The van der Waals surface area contributed by atoms with E-state index in [0.29, 0.717) is 11.1 Å². The van der Waals surface area contributed by atoms with Crippen LogP contribution in [0.25, 0.3) is 0 Å². The molecular formula is C21H26FNO5S. The maximum Gasteiger partial charge on any atom is 0.309 e. The SMILES string of the molecule is CCC(C)N(Cc1ccc(OC)c(OS(=O)(=O)CC)c1)C(=O)c1ccc(F)cc1. The fourth-order valence-electron chi connectivity index (χ4n) is 2.68. The molecular weight excluding hydrogens is 397 g/mol. The monoisotopic (exact) mass is 423 g/mol. The summed E-state index contributed by atoms with van der Waals surface area (Å²) in [6.45, 7) is 5.60. The van der Waals surface area contributed by atoms with Gasteiger partial charge in [-0.2, -0.15) is 8.42 Å². The van der Waals surface area contributed by atoms with Crippen LogP contribution in [-0.4, -0.2) is 38.1 Å². The molecule has 2 aromatic carbocycles. The summed E-state index contributed by atoms with van der Waals surface area (Å²) in [5, 5.41) is 0. The highest BCUT2D eigenvalue weighted by Gasteiger charge is 2.22. The third-order valence-electron chi connectivity index (χ3n) is 4.63. The van der Waals surface area contributed by atoms with Gasteiger partial charge in [0.25, 0.3) is 5.91 Å². The van der Waals surface area contributed by atoms with Crippen molar-refractivity contribution in [3.05, 3.63) is 59.4 Å². The number of nitrogens with zero attached hydrogens (tertiary/aromatic N) is 1. The molecule has 158 valence electrons. The molecule has 8 heteroatoms. The van der Waals surface area contributed by atoms with E-state index in [9.17, 15) is 17.6 Å². The van der Waals surface area contributed by atoms with Gasteiger partial charge in [-0.25, -0.2) is 4.39 Å². The number of hydrogen-bond acceptors (Lipinski definition) is 5. The number of carbonyl (C=O) groups excluding carboxylic acids is 1. The van der Waals surface area contributed by atoms with E-state index in [4.69, 9.17) is 8.92 Å². The lowest BCUT2D eigenvalue weighted by Crippen LogP contribution is -2.37. The van der Waals surface area contributed by atoms with Crippen LogP contribution in [0.4, 0.5) is 4.39 Å². The molecule has 0 radical (unpaired) electrons. The Labute approximate surface area is 171 Å². The zero-order valence-corrected chi connectivity index (χ0v) is 17.8. The minimum absolute atomic E-state index is 0.0742. The van der Waals surface area contributed by atoms with Gasteiger partial charge >= 0.3 is 10.1 Å². The van der Waals surface area contributed by atoms with E-state index in [2.05, 4.69) is 0 Å². The van der Waals surface area contributed by atoms with Crippen LogP contribution in [0.2, 0.25) is 0 Å². The van der Waals surface area contributed by atoms with Crippen molar-refractivity contribution >= 4 is 16.0 Å². The van der Waals surface area contributed by atoms with Crippen molar-refractivity contribution in [1.82, 2.24) is 4.90 Å². The van der Waals surface area contributed by atoms with Crippen molar-refractivity contribution in [2.45, 2.75) is 39.8 Å². The summed E-state index contributed by atoms with van der Waals surface area (Å²) in [6.07, 6.45) is 0.719. The number of halogens is 1. The molecule has 0 saturated carbocycles. The maximum atomic E-state index is 13.2. The van der Waals surface area contributed by atoms with E-state index in [1.54, 1.807) is 23.1 Å². The standard InChI is InChI=1S/C21H26FNO5S/c1-5-15(3)23(21(24)17-8-10-18(22)11-9-17)14-16-7-12-19(27-4)20(13-16)28-29(25,26)6-2/h7-13,15H,5-6,14H2,1-4H3. The number of methoxy groups -OCH3 is 1. The summed E-state index contributed by atoms with van der Waals surface area (Å²) >= 11 is 0. The summed E-state index contributed by atoms with van der Waals surface area (Å²) in [5.41, 5.74) is 1.06. The second kappa shape index (κ2) is 9.73. The van der Waals surface area contributed by atoms with Crippen molar-refractivity contribution in [3.63, 3.8) is 0 Å². The number of rotatable bonds is 9. The highest BCUT2D eigenvalue weighted by molar-refractivity contribution is 7.87. The highest BCUT2D eigenvalue weighted by Crippen LogP contribution is 2.30. The number of benzene rings is 2. The maximum absolute atomic E-state index is 13.2. The molecule has 0 aliphatic heterocycles. The van der Waals surface area contributed by atoms with E-state index < -0.39 is 15.9 Å². The van der Waals surface area contributed by atoms with Crippen LogP contribution < -0.4 is 8.92 Å². The van der Waals surface area contributed by atoms with Gasteiger partial charge in [0.05, 0.1) is 12.9 Å². The highest BCUT2D eigenvalue weighted by atomic mass is 32.2. The number of hydrogen-bond donors (Lipinski definition) is 0. The second-order valence-electron chi connectivity index (χ2n) is 6.61. The van der Waals surface area contributed by atoms with E-state index in [1.807, 2.05) is 13.8 Å². The van der Waals surface area contributed by atoms with E-state index in [-0.39, 0.29) is 35.7 Å². The minimum atomic E-state index is -3.73. The quantitative estimate of drug-likeness (QED) is 0.570. The average molecular weight is 424 g/mol. The molecule has 1 atom stereocenters. The van der Waals surface area contributed by atoms with Gasteiger partial charge in [0.15, 0.2) is 11.5 Å². The second-order valence-corrected chi connectivity index (χ2v) is 8.47. The molecule has 29 heavy (non-hydrogen) atoms. The van der Waals surface area contributed by atoms with Gasteiger partial charge in [-0.05, 0) is 62.2 Å². The number of ether oxygens (including phenoxy) is 1. The zero-order chi connectivity index (χ0) is 21.6. The first-order chi connectivity index (χ1) is 13.7. The molecule has 0 heterocycles. The first-order valence-electron chi connectivity index (χ1n) is 9.36. The Morgan fingerprint density at radius 1 is 1.10 bits per heavy atom. The van der Waals surface area contributed by atoms with Crippen LogP contribution >= 0.6 is 0 Å². The molecule has 2 rings (SSSR count). The topological polar surface area (TPSA) is 72.9 Å². The lowest BCUT2D eigenvalue weighted by atomic mass is 10.1. The lowest BCUT2D eigenvalue weighted by molar-refractivity contribution is 0.0671. The van der Waals surface area contributed by atoms with Gasteiger partial charge in [-0.3, -0.25) is 4.79 Å². The summed E-state index contributed by atoms with van der Waals surface area (Å²) < 4.78 is 47.3. The molecule has 0 spiro atoms. The molecule has 0 aromatic heterocycles. The smallest absolute Gasteiger partial charge is 0.309 e. The Balaban J connectivity index is 2.35. The molecule has 1 unspecified atom stereocenters. The zero-order valence-electron chi connectivity index (χ0n) is 17.0. The molecule has 0 fully saturated rings. The Bertz CT molecular complexity index is 944. The van der Waals surface area contributed by atoms with Crippen molar-refractivity contribution in [1.29, 1.82) is 0 Å². The summed E-state index contributed by atoms with van der Waals surface area (Å²) in [5.74, 6) is -0.469. The Kier molecular flexibility index (Phi) is 7.61.